The highest BCUT2D eigenvalue weighted by Gasteiger charge is 2.18. The Hall–Kier alpha value is -1.86. The van der Waals surface area contributed by atoms with E-state index in [0.717, 1.165) is 44.5 Å². The predicted molar refractivity (Wildman–Crippen MR) is 100 cm³/mol. The fourth-order valence-corrected chi connectivity index (χ4v) is 3.14. The summed E-state index contributed by atoms with van der Waals surface area (Å²) in [6, 6.07) is 3.99. The van der Waals surface area contributed by atoms with Gasteiger partial charge in [-0.1, -0.05) is 20.3 Å². The Bertz CT molecular complexity index is 676. The van der Waals surface area contributed by atoms with Crippen molar-refractivity contribution in [3.8, 4) is 0 Å². The first kappa shape index (κ1) is 19.5. The summed E-state index contributed by atoms with van der Waals surface area (Å²) >= 11 is 0. The lowest BCUT2D eigenvalue weighted by Gasteiger charge is -2.22. The molecule has 8 heteroatoms. The number of piperidine rings is 1. The molecule has 3 N–H and O–H groups in total. The van der Waals surface area contributed by atoms with Gasteiger partial charge in [0.1, 0.15) is 0 Å². The molecule has 2 atom stereocenters. The Balaban J connectivity index is 0.00000225. The summed E-state index contributed by atoms with van der Waals surface area (Å²) in [6.45, 7) is 6.28. The van der Waals surface area contributed by atoms with Crippen molar-refractivity contribution in [2.75, 3.05) is 18.4 Å². The van der Waals surface area contributed by atoms with Gasteiger partial charge in [0.2, 0.25) is 0 Å². The molecule has 1 aliphatic heterocycles. The Kier molecular flexibility index (Phi) is 7.01. The lowest BCUT2D eigenvalue weighted by molar-refractivity contribution is 0.102. The monoisotopic (exact) mass is 366 g/mol. The largest absolute Gasteiger partial charge is 0.315 e. The van der Waals surface area contributed by atoms with Crippen molar-refractivity contribution in [1.82, 2.24) is 25.3 Å². The SMILES string of the molecule is CCCC(C)c1cc(NC(=O)c2ccn(C3CCCNC3)n2)n[nH]1.Cl. The van der Waals surface area contributed by atoms with E-state index in [1.807, 2.05) is 16.9 Å². The number of aromatic amines is 1. The van der Waals surface area contributed by atoms with Crippen LogP contribution in [0.2, 0.25) is 0 Å². The lowest BCUT2D eigenvalue weighted by atomic mass is 10.0. The summed E-state index contributed by atoms with van der Waals surface area (Å²) in [7, 11) is 0. The summed E-state index contributed by atoms with van der Waals surface area (Å²) in [4.78, 5) is 12.4. The quantitative estimate of drug-likeness (QED) is 0.733. The second-order valence-corrected chi connectivity index (χ2v) is 6.53. The molecule has 3 rings (SSSR count). The molecule has 3 heterocycles. The number of hydrogen-bond acceptors (Lipinski definition) is 4. The van der Waals surface area contributed by atoms with Gasteiger partial charge in [0.15, 0.2) is 11.5 Å². The standard InChI is InChI=1S/C17H26N6O.ClH/c1-3-5-12(2)15-10-16(21-20-15)19-17(24)14-7-9-23(22-14)13-6-4-8-18-11-13;/h7,9-10,12-13,18H,3-6,8,11H2,1-2H3,(H2,19,20,21,24);1H. The van der Waals surface area contributed by atoms with Crippen LogP contribution in [0, 0.1) is 0 Å². The van der Waals surface area contributed by atoms with Crippen LogP contribution < -0.4 is 10.6 Å². The van der Waals surface area contributed by atoms with E-state index in [2.05, 4.69) is 39.8 Å². The van der Waals surface area contributed by atoms with E-state index < -0.39 is 0 Å². The highest BCUT2D eigenvalue weighted by molar-refractivity contribution is 6.02. The van der Waals surface area contributed by atoms with Gasteiger partial charge in [0.25, 0.3) is 5.91 Å². The summed E-state index contributed by atoms with van der Waals surface area (Å²) in [5.41, 5.74) is 1.47. The van der Waals surface area contributed by atoms with Gasteiger partial charge >= 0.3 is 0 Å². The summed E-state index contributed by atoms with van der Waals surface area (Å²) in [5, 5.41) is 17.8. The first-order chi connectivity index (χ1) is 11.7. The predicted octanol–water partition coefficient (Wildman–Crippen LogP) is 3.11. The van der Waals surface area contributed by atoms with E-state index >= 15 is 0 Å². The van der Waals surface area contributed by atoms with Crippen LogP contribution in [-0.4, -0.2) is 39.0 Å². The number of amides is 1. The number of aromatic nitrogens is 4. The van der Waals surface area contributed by atoms with Crippen LogP contribution >= 0.6 is 12.4 Å². The summed E-state index contributed by atoms with van der Waals surface area (Å²) in [6.07, 6.45) is 6.32. The number of nitrogens with zero attached hydrogens (tertiary/aromatic N) is 3. The number of nitrogens with one attached hydrogen (secondary N) is 3. The van der Waals surface area contributed by atoms with Crippen LogP contribution in [-0.2, 0) is 0 Å². The second kappa shape index (κ2) is 9.01. The maximum absolute atomic E-state index is 12.4. The third-order valence-corrected chi connectivity index (χ3v) is 4.58. The average Bonchev–Trinajstić information content (AvgIpc) is 3.25. The van der Waals surface area contributed by atoms with E-state index in [1.165, 1.54) is 0 Å². The molecule has 2 aromatic heterocycles. The highest BCUT2D eigenvalue weighted by atomic mass is 35.5. The van der Waals surface area contributed by atoms with Crippen molar-refractivity contribution in [2.24, 2.45) is 0 Å². The van der Waals surface area contributed by atoms with Crippen LogP contribution in [0.1, 0.15) is 67.7 Å². The normalized spacial score (nSPS) is 18.4. The van der Waals surface area contributed by atoms with E-state index in [4.69, 9.17) is 0 Å². The van der Waals surface area contributed by atoms with Gasteiger partial charge in [-0.15, -0.1) is 12.4 Å². The highest BCUT2D eigenvalue weighted by Crippen LogP contribution is 2.21. The van der Waals surface area contributed by atoms with E-state index in [0.29, 0.717) is 23.5 Å². The van der Waals surface area contributed by atoms with Crippen LogP contribution in [0.5, 0.6) is 0 Å². The number of carbonyl (C=O) groups excluding carboxylic acids is 1. The molecule has 1 saturated heterocycles. The van der Waals surface area contributed by atoms with Gasteiger partial charge in [-0.25, -0.2) is 0 Å². The number of anilines is 1. The smallest absolute Gasteiger partial charge is 0.277 e. The minimum atomic E-state index is -0.223. The van der Waals surface area contributed by atoms with Crippen molar-refractivity contribution >= 4 is 24.1 Å². The van der Waals surface area contributed by atoms with Crippen LogP contribution in [0.25, 0.3) is 0 Å². The molecule has 25 heavy (non-hydrogen) atoms. The second-order valence-electron chi connectivity index (χ2n) is 6.53. The zero-order chi connectivity index (χ0) is 16.9. The number of H-pyrrole nitrogens is 1. The van der Waals surface area contributed by atoms with E-state index in [-0.39, 0.29) is 18.3 Å². The first-order valence-electron chi connectivity index (χ1n) is 8.80. The Morgan fingerprint density at radius 1 is 1.52 bits per heavy atom. The summed E-state index contributed by atoms with van der Waals surface area (Å²) in [5.74, 6) is 0.733. The topological polar surface area (TPSA) is 87.6 Å². The van der Waals surface area contributed by atoms with Gasteiger partial charge in [0, 0.05) is 24.5 Å². The number of carbonyl (C=O) groups is 1. The van der Waals surface area contributed by atoms with E-state index in [9.17, 15) is 4.79 Å². The molecule has 1 aliphatic rings. The van der Waals surface area contributed by atoms with E-state index in [1.54, 1.807) is 6.07 Å². The molecule has 1 amide bonds. The molecule has 0 aromatic carbocycles. The van der Waals surface area contributed by atoms with Crippen molar-refractivity contribution < 1.29 is 4.79 Å². The molecule has 138 valence electrons. The molecule has 0 aliphatic carbocycles. The van der Waals surface area contributed by atoms with Crippen LogP contribution in [0.4, 0.5) is 5.82 Å². The third-order valence-electron chi connectivity index (χ3n) is 4.58. The Morgan fingerprint density at radius 2 is 2.36 bits per heavy atom. The number of hydrogen-bond donors (Lipinski definition) is 3. The van der Waals surface area contributed by atoms with Gasteiger partial charge in [-0.2, -0.15) is 10.2 Å². The van der Waals surface area contributed by atoms with Gasteiger partial charge < -0.3 is 10.6 Å². The summed E-state index contributed by atoms with van der Waals surface area (Å²) < 4.78 is 1.89. The van der Waals surface area contributed by atoms with Crippen molar-refractivity contribution in [2.45, 2.75) is 51.5 Å². The van der Waals surface area contributed by atoms with Crippen molar-refractivity contribution in [3.63, 3.8) is 0 Å². The van der Waals surface area contributed by atoms with Gasteiger partial charge in [-0.3, -0.25) is 14.6 Å². The molecule has 0 saturated carbocycles. The minimum Gasteiger partial charge on any atom is -0.315 e. The minimum absolute atomic E-state index is 0. The lowest BCUT2D eigenvalue weighted by Crippen LogP contribution is -2.32. The fraction of sp³-hybridized carbons (Fsp3) is 0.588. The maximum atomic E-state index is 12.4. The molecule has 2 aromatic rings. The van der Waals surface area contributed by atoms with Gasteiger partial charge in [-0.05, 0) is 37.8 Å². The van der Waals surface area contributed by atoms with Crippen LogP contribution in [0.3, 0.4) is 0 Å². The Morgan fingerprint density at radius 3 is 3.08 bits per heavy atom. The zero-order valence-electron chi connectivity index (χ0n) is 14.8. The van der Waals surface area contributed by atoms with Crippen LogP contribution in [0.15, 0.2) is 18.3 Å². The fourth-order valence-electron chi connectivity index (χ4n) is 3.14. The molecular formula is C17H27ClN6O. The molecule has 2 unspecified atom stereocenters. The maximum Gasteiger partial charge on any atom is 0.277 e. The molecule has 0 bridgehead atoms. The van der Waals surface area contributed by atoms with Crippen molar-refractivity contribution in [1.29, 1.82) is 0 Å². The molecule has 7 nitrogen and oxygen atoms in total. The number of halogens is 1. The van der Waals surface area contributed by atoms with Gasteiger partial charge in [0.05, 0.1) is 6.04 Å². The molecule has 1 fully saturated rings. The molecule has 0 radical (unpaired) electrons. The number of rotatable bonds is 6. The average molecular weight is 367 g/mol. The molecular weight excluding hydrogens is 340 g/mol. The zero-order valence-corrected chi connectivity index (χ0v) is 15.6. The Labute approximate surface area is 154 Å². The third kappa shape index (κ3) is 4.83. The van der Waals surface area contributed by atoms with Crippen molar-refractivity contribution in [3.05, 3.63) is 29.7 Å². The molecule has 0 spiro atoms. The first-order valence-corrected chi connectivity index (χ1v) is 8.80.